The number of hydrogen-bond acceptors (Lipinski definition) is 5. The number of non-ortho nitro benzene ring substituents is 1. The first-order valence-electron chi connectivity index (χ1n) is 5.70. The summed E-state index contributed by atoms with van der Waals surface area (Å²) in [6.07, 6.45) is 1.28. The van der Waals surface area contributed by atoms with E-state index in [0.29, 0.717) is 10.7 Å². The topological polar surface area (TPSA) is 98.6 Å². The second-order valence-electron chi connectivity index (χ2n) is 3.99. The van der Waals surface area contributed by atoms with E-state index in [0.717, 1.165) is 6.07 Å². The van der Waals surface area contributed by atoms with Crippen LogP contribution in [-0.4, -0.2) is 16.1 Å². The van der Waals surface area contributed by atoms with Crippen LogP contribution < -0.4 is 0 Å². The predicted octanol–water partition coefficient (Wildman–Crippen LogP) is 3.91. The molecular weight excluding hydrogens is 298 g/mol. The molecule has 0 spiro atoms. The Morgan fingerprint density at radius 1 is 1.00 bits per heavy atom. The molecule has 0 amide bonds. The summed E-state index contributed by atoms with van der Waals surface area (Å²) in [6, 6.07) is 9.96. The number of hydrogen-bond donors (Lipinski definition) is 0. The molecule has 2 aromatic rings. The van der Waals surface area contributed by atoms with Gasteiger partial charge in [0.15, 0.2) is 0 Å². The third-order valence-electron chi connectivity index (χ3n) is 2.60. The zero-order valence-electron chi connectivity index (χ0n) is 10.5. The number of nitro benzene ring substituents is 2. The highest BCUT2D eigenvalue weighted by Crippen LogP contribution is 2.24. The molecule has 0 fully saturated rings. The monoisotopic (exact) mass is 305 g/mol. The smallest absolute Gasteiger partial charge is 0.258 e. The largest absolute Gasteiger partial charge is 0.285 e. The van der Waals surface area contributed by atoms with Crippen molar-refractivity contribution >= 4 is 34.9 Å². The van der Waals surface area contributed by atoms with Crippen LogP contribution in [0.1, 0.15) is 5.56 Å². The molecule has 0 unspecified atom stereocenters. The van der Waals surface area contributed by atoms with Crippen molar-refractivity contribution in [1.82, 2.24) is 0 Å². The zero-order valence-corrected chi connectivity index (χ0v) is 11.2. The third-order valence-corrected chi connectivity index (χ3v) is 2.85. The summed E-state index contributed by atoms with van der Waals surface area (Å²) in [6.45, 7) is 0. The Morgan fingerprint density at radius 3 is 2.24 bits per heavy atom. The number of nitrogens with zero attached hydrogens (tertiary/aromatic N) is 3. The molecule has 0 saturated carbocycles. The lowest BCUT2D eigenvalue weighted by Crippen LogP contribution is -1.97. The van der Waals surface area contributed by atoms with Gasteiger partial charge in [-0.2, -0.15) is 0 Å². The van der Waals surface area contributed by atoms with Gasteiger partial charge in [0.05, 0.1) is 27.2 Å². The molecule has 0 bridgehead atoms. The van der Waals surface area contributed by atoms with E-state index in [1.807, 2.05) is 0 Å². The van der Waals surface area contributed by atoms with Gasteiger partial charge in [-0.05, 0) is 30.3 Å². The summed E-state index contributed by atoms with van der Waals surface area (Å²) in [5.41, 5.74) is 0.0276. The van der Waals surface area contributed by atoms with Gasteiger partial charge in [-0.15, -0.1) is 0 Å². The van der Waals surface area contributed by atoms with Crippen molar-refractivity contribution in [2.45, 2.75) is 0 Å². The molecule has 0 N–H and O–H groups in total. The first-order chi connectivity index (χ1) is 9.97. The van der Waals surface area contributed by atoms with Gasteiger partial charge in [-0.1, -0.05) is 11.6 Å². The van der Waals surface area contributed by atoms with E-state index in [2.05, 4.69) is 4.99 Å². The van der Waals surface area contributed by atoms with Crippen LogP contribution in [0.2, 0.25) is 5.02 Å². The second kappa shape index (κ2) is 6.10. The van der Waals surface area contributed by atoms with Crippen LogP contribution in [0, 0.1) is 20.2 Å². The van der Waals surface area contributed by atoms with Crippen molar-refractivity contribution in [3.8, 4) is 0 Å². The van der Waals surface area contributed by atoms with Crippen LogP contribution in [-0.2, 0) is 0 Å². The van der Waals surface area contributed by atoms with Crippen LogP contribution in [0.3, 0.4) is 0 Å². The van der Waals surface area contributed by atoms with Crippen LogP contribution in [0.25, 0.3) is 0 Å². The maximum atomic E-state index is 11.0. The Bertz CT molecular complexity index is 729. The fourth-order valence-electron chi connectivity index (χ4n) is 1.58. The second-order valence-corrected chi connectivity index (χ2v) is 4.43. The SMILES string of the molecule is O=[N+]([O-])c1ccc(C=Nc2ccc(Cl)cc2)c([N+](=O)[O-])c1. The quantitative estimate of drug-likeness (QED) is 0.485. The molecule has 0 atom stereocenters. The number of benzene rings is 2. The summed E-state index contributed by atoms with van der Waals surface area (Å²) >= 11 is 5.74. The Hall–Kier alpha value is -2.80. The molecule has 0 radical (unpaired) electrons. The fraction of sp³-hybridized carbons (Fsp3) is 0. The summed E-state index contributed by atoms with van der Waals surface area (Å²) in [7, 11) is 0. The molecular formula is C13H8ClN3O4. The number of halogens is 1. The lowest BCUT2D eigenvalue weighted by molar-refractivity contribution is -0.394. The number of rotatable bonds is 4. The molecule has 0 heterocycles. The zero-order chi connectivity index (χ0) is 15.4. The molecule has 2 rings (SSSR count). The van der Waals surface area contributed by atoms with Crippen LogP contribution in [0.4, 0.5) is 17.1 Å². The fourth-order valence-corrected chi connectivity index (χ4v) is 1.71. The Balaban J connectivity index is 2.37. The summed E-state index contributed by atoms with van der Waals surface area (Å²) < 4.78 is 0. The summed E-state index contributed by atoms with van der Waals surface area (Å²) in [5, 5.41) is 22.1. The van der Waals surface area contributed by atoms with Crippen molar-refractivity contribution in [3.05, 3.63) is 73.3 Å². The standard InChI is InChI=1S/C13H8ClN3O4/c14-10-2-4-11(5-3-10)15-8-9-1-6-12(16(18)19)7-13(9)17(20)21/h1-8H. The van der Waals surface area contributed by atoms with Crippen molar-refractivity contribution in [1.29, 1.82) is 0 Å². The Morgan fingerprint density at radius 2 is 1.67 bits per heavy atom. The Kier molecular flexibility index (Phi) is 4.24. The molecule has 7 nitrogen and oxygen atoms in total. The van der Waals surface area contributed by atoms with Crippen molar-refractivity contribution < 1.29 is 9.85 Å². The van der Waals surface area contributed by atoms with E-state index in [1.54, 1.807) is 24.3 Å². The van der Waals surface area contributed by atoms with Crippen molar-refractivity contribution in [2.24, 2.45) is 4.99 Å². The van der Waals surface area contributed by atoms with Crippen LogP contribution in [0.5, 0.6) is 0 Å². The van der Waals surface area contributed by atoms with E-state index < -0.39 is 9.85 Å². The summed E-state index contributed by atoms with van der Waals surface area (Å²) in [5.74, 6) is 0. The molecule has 21 heavy (non-hydrogen) atoms. The highest BCUT2D eigenvalue weighted by molar-refractivity contribution is 6.30. The molecule has 0 aliphatic carbocycles. The van der Waals surface area contributed by atoms with E-state index in [4.69, 9.17) is 11.6 Å². The van der Waals surface area contributed by atoms with E-state index in [-0.39, 0.29) is 16.9 Å². The first kappa shape index (κ1) is 14.6. The maximum absolute atomic E-state index is 11.0. The highest BCUT2D eigenvalue weighted by atomic mass is 35.5. The van der Waals surface area contributed by atoms with Crippen LogP contribution in [0.15, 0.2) is 47.5 Å². The molecule has 2 aromatic carbocycles. The molecule has 8 heteroatoms. The average Bonchev–Trinajstić information content (AvgIpc) is 2.46. The summed E-state index contributed by atoms with van der Waals surface area (Å²) in [4.78, 5) is 24.3. The van der Waals surface area contributed by atoms with Crippen LogP contribution >= 0.6 is 11.6 Å². The molecule has 0 saturated heterocycles. The highest BCUT2D eigenvalue weighted by Gasteiger charge is 2.18. The van der Waals surface area contributed by atoms with E-state index in [1.165, 1.54) is 18.3 Å². The van der Waals surface area contributed by atoms with Gasteiger partial charge in [0.1, 0.15) is 0 Å². The molecule has 106 valence electrons. The Labute approximate surface area is 123 Å². The van der Waals surface area contributed by atoms with Crippen molar-refractivity contribution in [3.63, 3.8) is 0 Å². The lowest BCUT2D eigenvalue weighted by atomic mass is 10.2. The van der Waals surface area contributed by atoms with Gasteiger partial charge >= 0.3 is 0 Å². The van der Waals surface area contributed by atoms with Gasteiger partial charge < -0.3 is 0 Å². The van der Waals surface area contributed by atoms with E-state index >= 15 is 0 Å². The van der Waals surface area contributed by atoms with Gasteiger partial charge in [0, 0.05) is 17.3 Å². The molecule has 0 aliphatic heterocycles. The lowest BCUT2D eigenvalue weighted by Gasteiger charge is -1.98. The van der Waals surface area contributed by atoms with Gasteiger partial charge in [0.25, 0.3) is 11.4 Å². The van der Waals surface area contributed by atoms with Gasteiger partial charge in [-0.3, -0.25) is 25.2 Å². The number of nitro groups is 2. The van der Waals surface area contributed by atoms with Gasteiger partial charge in [-0.25, -0.2) is 0 Å². The van der Waals surface area contributed by atoms with Crippen molar-refractivity contribution in [2.75, 3.05) is 0 Å². The normalized spacial score (nSPS) is 10.7. The van der Waals surface area contributed by atoms with Gasteiger partial charge in [0.2, 0.25) is 0 Å². The average molecular weight is 306 g/mol. The minimum Gasteiger partial charge on any atom is -0.258 e. The molecule has 0 aliphatic rings. The maximum Gasteiger partial charge on any atom is 0.285 e. The van der Waals surface area contributed by atoms with E-state index in [9.17, 15) is 20.2 Å². The minimum atomic E-state index is -0.687. The first-order valence-corrected chi connectivity index (χ1v) is 6.07. The molecule has 0 aromatic heterocycles. The predicted molar refractivity (Wildman–Crippen MR) is 78.5 cm³/mol. The third kappa shape index (κ3) is 3.61. The minimum absolute atomic E-state index is 0.181. The number of aliphatic imine (C=N–C) groups is 1.